The van der Waals surface area contributed by atoms with Gasteiger partial charge in [-0.15, -0.1) is 0 Å². The Hall–Kier alpha value is -2.09. The van der Waals surface area contributed by atoms with Gasteiger partial charge in [0, 0.05) is 12.1 Å². The van der Waals surface area contributed by atoms with E-state index in [0.29, 0.717) is 17.3 Å². The second-order valence-electron chi connectivity index (χ2n) is 5.29. The van der Waals surface area contributed by atoms with Crippen LogP contribution in [0.2, 0.25) is 0 Å². The van der Waals surface area contributed by atoms with E-state index >= 15 is 0 Å². The molecule has 0 aromatic heterocycles. The summed E-state index contributed by atoms with van der Waals surface area (Å²) in [6.07, 6.45) is 8.23. The van der Waals surface area contributed by atoms with Gasteiger partial charge in [-0.3, -0.25) is 10.1 Å². The molecule has 0 radical (unpaired) electrons. The molecular formula is C15H19N3O2. The van der Waals surface area contributed by atoms with Crippen molar-refractivity contribution >= 4 is 11.4 Å². The Morgan fingerprint density at radius 2 is 1.85 bits per heavy atom. The topological polar surface area (TPSA) is 79.0 Å². The maximum atomic E-state index is 11.1. The van der Waals surface area contributed by atoms with Crippen molar-refractivity contribution in [2.45, 2.75) is 51.0 Å². The highest BCUT2D eigenvalue weighted by Gasteiger charge is 2.18. The van der Waals surface area contributed by atoms with E-state index in [4.69, 9.17) is 5.26 Å². The molecule has 0 heterocycles. The Kier molecular flexibility index (Phi) is 4.94. The third kappa shape index (κ3) is 3.70. The van der Waals surface area contributed by atoms with E-state index in [0.717, 1.165) is 12.8 Å². The molecule has 0 spiro atoms. The van der Waals surface area contributed by atoms with Crippen LogP contribution < -0.4 is 5.32 Å². The molecule has 106 valence electrons. The molecule has 0 aliphatic heterocycles. The molecule has 0 amide bonds. The van der Waals surface area contributed by atoms with Crippen LogP contribution in [0.25, 0.3) is 0 Å². The van der Waals surface area contributed by atoms with Crippen LogP contribution in [0.1, 0.15) is 50.5 Å². The lowest BCUT2D eigenvalue weighted by Gasteiger charge is -2.22. The van der Waals surface area contributed by atoms with Crippen LogP contribution in [0.4, 0.5) is 11.4 Å². The Morgan fingerprint density at radius 1 is 1.20 bits per heavy atom. The standard InChI is InChI=1S/C15H19N3O2/c16-11-12-8-9-14(15(10-12)18(19)20)17-13-6-4-2-1-3-5-7-13/h8-10,13,17H,1-7H2. The van der Waals surface area contributed by atoms with Crippen LogP contribution in [0.3, 0.4) is 0 Å². The SMILES string of the molecule is N#Cc1ccc(NC2CCCCCCC2)c([N+](=O)[O-])c1. The monoisotopic (exact) mass is 273 g/mol. The van der Waals surface area contributed by atoms with E-state index in [1.165, 1.54) is 38.2 Å². The van der Waals surface area contributed by atoms with Crippen molar-refractivity contribution in [3.8, 4) is 6.07 Å². The average molecular weight is 273 g/mol. The number of hydrogen-bond acceptors (Lipinski definition) is 4. The van der Waals surface area contributed by atoms with Crippen molar-refractivity contribution in [1.29, 1.82) is 5.26 Å². The van der Waals surface area contributed by atoms with Crippen LogP contribution >= 0.6 is 0 Å². The molecule has 1 fully saturated rings. The summed E-state index contributed by atoms with van der Waals surface area (Å²) < 4.78 is 0. The van der Waals surface area contributed by atoms with E-state index in [9.17, 15) is 10.1 Å². The first kappa shape index (κ1) is 14.3. The van der Waals surface area contributed by atoms with Crippen molar-refractivity contribution in [3.63, 3.8) is 0 Å². The van der Waals surface area contributed by atoms with Gasteiger partial charge in [-0.2, -0.15) is 5.26 Å². The average Bonchev–Trinajstić information content (AvgIpc) is 2.41. The van der Waals surface area contributed by atoms with Gasteiger partial charge in [-0.05, 0) is 25.0 Å². The van der Waals surface area contributed by atoms with Crippen LogP contribution in [0, 0.1) is 21.4 Å². The Labute approximate surface area is 118 Å². The minimum absolute atomic E-state index is 0.00823. The van der Waals surface area contributed by atoms with Crippen molar-refractivity contribution in [2.24, 2.45) is 0 Å². The Bertz CT molecular complexity index is 514. The fourth-order valence-corrected chi connectivity index (χ4v) is 2.69. The van der Waals surface area contributed by atoms with Gasteiger partial charge < -0.3 is 5.32 Å². The highest BCUT2D eigenvalue weighted by atomic mass is 16.6. The number of nitrogens with zero attached hydrogens (tertiary/aromatic N) is 2. The molecule has 1 aromatic rings. The van der Waals surface area contributed by atoms with E-state index in [-0.39, 0.29) is 5.69 Å². The predicted molar refractivity (Wildman–Crippen MR) is 77.5 cm³/mol. The lowest BCUT2D eigenvalue weighted by atomic mass is 9.96. The molecule has 5 nitrogen and oxygen atoms in total. The minimum Gasteiger partial charge on any atom is -0.377 e. The van der Waals surface area contributed by atoms with Crippen molar-refractivity contribution in [1.82, 2.24) is 0 Å². The van der Waals surface area contributed by atoms with E-state index < -0.39 is 4.92 Å². The van der Waals surface area contributed by atoms with E-state index in [1.807, 2.05) is 6.07 Å². The first-order valence-electron chi connectivity index (χ1n) is 7.16. The lowest BCUT2D eigenvalue weighted by molar-refractivity contribution is -0.384. The van der Waals surface area contributed by atoms with Gasteiger partial charge >= 0.3 is 0 Å². The van der Waals surface area contributed by atoms with Gasteiger partial charge in [0.2, 0.25) is 0 Å². The first-order valence-corrected chi connectivity index (χ1v) is 7.16. The summed E-state index contributed by atoms with van der Waals surface area (Å²) in [5.41, 5.74) is 0.839. The molecule has 1 N–H and O–H groups in total. The zero-order valence-corrected chi connectivity index (χ0v) is 11.5. The summed E-state index contributed by atoms with van der Waals surface area (Å²) in [4.78, 5) is 10.7. The van der Waals surface area contributed by atoms with E-state index in [1.54, 1.807) is 12.1 Å². The third-order valence-electron chi connectivity index (χ3n) is 3.79. The summed E-state index contributed by atoms with van der Waals surface area (Å²) in [7, 11) is 0. The number of anilines is 1. The summed E-state index contributed by atoms with van der Waals surface area (Å²) >= 11 is 0. The molecule has 20 heavy (non-hydrogen) atoms. The number of nitro groups is 1. The summed E-state index contributed by atoms with van der Waals surface area (Å²) in [6, 6.07) is 6.84. The molecule has 2 rings (SSSR count). The van der Waals surface area contributed by atoms with Crippen LogP contribution in [-0.4, -0.2) is 11.0 Å². The molecule has 5 heteroatoms. The van der Waals surface area contributed by atoms with Gasteiger partial charge in [-0.1, -0.05) is 32.1 Å². The minimum atomic E-state index is -0.425. The molecule has 1 saturated carbocycles. The second-order valence-corrected chi connectivity index (χ2v) is 5.29. The van der Waals surface area contributed by atoms with Crippen LogP contribution in [-0.2, 0) is 0 Å². The largest absolute Gasteiger partial charge is 0.377 e. The molecular weight excluding hydrogens is 254 g/mol. The maximum Gasteiger partial charge on any atom is 0.293 e. The first-order chi connectivity index (χ1) is 9.70. The predicted octanol–water partition coefficient (Wildman–Crippen LogP) is 3.99. The third-order valence-corrected chi connectivity index (χ3v) is 3.79. The number of nitro benzene ring substituents is 1. The summed E-state index contributed by atoms with van der Waals surface area (Å²) in [5.74, 6) is 0. The molecule has 1 aliphatic carbocycles. The van der Waals surface area contributed by atoms with E-state index in [2.05, 4.69) is 5.32 Å². The highest BCUT2D eigenvalue weighted by Crippen LogP contribution is 2.28. The van der Waals surface area contributed by atoms with Crippen LogP contribution in [0.5, 0.6) is 0 Å². The Morgan fingerprint density at radius 3 is 2.45 bits per heavy atom. The smallest absolute Gasteiger partial charge is 0.293 e. The number of rotatable bonds is 3. The van der Waals surface area contributed by atoms with Gasteiger partial charge in [-0.25, -0.2) is 0 Å². The normalized spacial score (nSPS) is 16.8. The van der Waals surface area contributed by atoms with Gasteiger partial charge in [0.05, 0.1) is 16.6 Å². The van der Waals surface area contributed by atoms with Gasteiger partial charge in [0.25, 0.3) is 5.69 Å². The van der Waals surface area contributed by atoms with Crippen molar-refractivity contribution in [2.75, 3.05) is 5.32 Å². The molecule has 0 atom stereocenters. The lowest BCUT2D eigenvalue weighted by Crippen LogP contribution is -2.21. The molecule has 0 unspecified atom stereocenters. The number of benzene rings is 1. The van der Waals surface area contributed by atoms with Crippen molar-refractivity contribution in [3.05, 3.63) is 33.9 Å². The second kappa shape index (κ2) is 6.90. The number of hydrogen-bond donors (Lipinski definition) is 1. The quantitative estimate of drug-likeness (QED) is 0.667. The molecule has 0 saturated heterocycles. The molecule has 0 bridgehead atoms. The molecule has 1 aromatic carbocycles. The fraction of sp³-hybridized carbons (Fsp3) is 0.533. The Balaban J connectivity index is 2.15. The fourth-order valence-electron chi connectivity index (χ4n) is 2.69. The summed E-state index contributed by atoms with van der Waals surface area (Å²) in [5, 5.41) is 23.2. The van der Waals surface area contributed by atoms with Gasteiger partial charge in [0.1, 0.15) is 5.69 Å². The zero-order chi connectivity index (χ0) is 14.4. The van der Waals surface area contributed by atoms with Gasteiger partial charge in [0.15, 0.2) is 0 Å². The van der Waals surface area contributed by atoms with Crippen LogP contribution in [0.15, 0.2) is 18.2 Å². The summed E-state index contributed by atoms with van der Waals surface area (Å²) in [6.45, 7) is 0. The zero-order valence-electron chi connectivity index (χ0n) is 11.5. The highest BCUT2D eigenvalue weighted by molar-refractivity contribution is 5.64. The number of nitriles is 1. The maximum absolute atomic E-state index is 11.1. The van der Waals surface area contributed by atoms with Crippen molar-refractivity contribution < 1.29 is 4.92 Å². The number of nitrogens with one attached hydrogen (secondary N) is 1. The molecule has 1 aliphatic rings.